The van der Waals surface area contributed by atoms with Crippen LogP contribution in [0.4, 0.5) is 0 Å². The first-order valence-electron chi connectivity index (χ1n) is 9.11. The van der Waals surface area contributed by atoms with Crippen molar-refractivity contribution in [2.24, 2.45) is 5.10 Å². The number of ether oxygens (including phenoxy) is 1. The fourth-order valence-corrected chi connectivity index (χ4v) is 3.31. The van der Waals surface area contributed by atoms with E-state index in [1.165, 1.54) is 17.0 Å². The molecule has 0 bridgehead atoms. The molecule has 0 amide bonds. The molecule has 1 aliphatic rings. The van der Waals surface area contributed by atoms with Gasteiger partial charge in [0.1, 0.15) is 5.75 Å². The van der Waals surface area contributed by atoms with Gasteiger partial charge < -0.3 is 14.2 Å². The Balaban J connectivity index is 1.78. The molecule has 0 saturated carbocycles. The number of aryl methyl sites for hydroxylation is 1. The van der Waals surface area contributed by atoms with Crippen LogP contribution in [0.15, 0.2) is 35.4 Å². The Morgan fingerprint density at radius 1 is 1.16 bits per heavy atom. The second kappa shape index (κ2) is 7.74. The number of rotatable bonds is 5. The smallest absolute Gasteiger partial charge is 0.119 e. The number of aromatic nitrogens is 1. The van der Waals surface area contributed by atoms with Crippen LogP contribution in [0.5, 0.6) is 5.75 Å². The normalized spacial score (nSPS) is 15.9. The molecule has 1 aromatic carbocycles. The van der Waals surface area contributed by atoms with Gasteiger partial charge in [-0.2, -0.15) is 5.10 Å². The Bertz CT molecular complexity index is 725. The van der Waals surface area contributed by atoms with Crippen molar-refractivity contribution in [1.82, 2.24) is 9.58 Å². The lowest BCUT2D eigenvalue weighted by Crippen LogP contribution is -3.11. The highest BCUT2D eigenvalue weighted by molar-refractivity contribution is 5.82. The molecule has 0 atom stereocenters. The number of benzene rings is 1. The van der Waals surface area contributed by atoms with Gasteiger partial charge in [-0.05, 0) is 51.1 Å². The van der Waals surface area contributed by atoms with Crippen LogP contribution in [0.25, 0.3) is 5.69 Å². The molecule has 1 N–H and O–H groups in total. The van der Waals surface area contributed by atoms with Crippen LogP contribution in [0.3, 0.4) is 0 Å². The standard InChI is InChI=1S/C20H28N4O/c1-5-25-20-8-6-19(7-9-20)24-16(2)14-18(17(24)3)15-21-23-12-10-22(4)11-13-23/h6-9,14-15H,5,10-13H2,1-4H3/p+1/b21-15-. The van der Waals surface area contributed by atoms with Crippen molar-refractivity contribution in [1.29, 1.82) is 0 Å². The fraction of sp³-hybridized carbons (Fsp3) is 0.450. The molecular weight excluding hydrogens is 312 g/mol. The minimum Gasteiger partial charge on any atom is -0.494 e. The van der Waals surface area contributed by atoms with Crippen molar-refractivity contribution in [3.05, 3.63) is 47.3 Å². The lowest BCUT2D eigenvalue weighted by Gasteiger charge is -2.27. The van der Waals surface area contributed by atoms with Crippen LogP contribution in [0.1, 0.15) is 23.9 Å². The number of piperazine rings is 1. The number of hydrogen-bond donors (Lipinski definition) is 1. The summed E-state index contributed by atoms with van der Waals surface area (Å²) in [6, 6.07) is 10.5. The molecule has 0 aliphatic carbocycles. The minimum atomic E-state index is 0.690. The van der Waals surface area contributed by atoms with Crippen molar-refractivity contribution < 1.29 is 9.64 Å². The lowest BCUT2D eigenvalue weighted by molar-refractivity contribution is -0.884. The van der Waals surface area contributed by atoms with E-state index < -0.39 is 0 Å². The first kappa shape index (κ1) is 17.5. The van der Waals surface area contributed by atoms with E-state index in [1.807, 2.05) is 25.3 Å². The molecule has 0 spiro atoms. The molecule has 5 heteroatoms. The van der Waals surface area contributed by atoms with Gasteiger partial charge in [-0.15, -0.1) is 0 Å². The predicted octanol–water partition coefficient (Wildman–Crippen LogP) is 1.66. The highest BCUT2D eigenvalue weighted by atomic mass is 16.5. The van der Waals surface area contributed by atoms with Crippen molar-refractivity contribution in [3.63, 3.8) is 0 Å². The van der Waals surface area contributed by atoms with E-state index in [9.17, 15) is 0 Å². The summed E-state index contributed by atoms with van der Waals surface area (Å²) in [7, 11) is 2.24. The molecule has 0 radical (unpaired) electrons. The highest BCUT2D eigenvalue weighted by Crippen LogP contribution is 2.22. The van der Waals surface area contributed by atoms with Gasteiger partial charge in [0, 0.05) is 22.6 Å². The summed E-state index contributed by atoms with van der Waals surface area (Å²) in [4.78, 5) is 1.58. The van der Waals surface area contributed by atoms with Gasteiger partial charge >= 0.3 is 0 Å². The summed E-state index contributed by atoms with van der Waals surface area (Å²) in [5, 5.41) is 6.87. The zero-order valence-electron chi connectivity index (χ0n) is 15.7. The molecule has 5 nitrogen and oxygen atoms in total. The van der Waals surface area contributed by atoms with E-state index >= 15 is 0 Å². The van der Waals surface area contributed by atoms with Gasteiger partial charge in [0.25, 0.3) is 0 Å². The Kier molecular flexibility index (Phi) is 5.43. The molecule has 1 fully saturated rings. The van der Waals surface area contributed by atoms with Crippen molar-refractivity contribution in [2.75, 3.05) is 39.8 Å². The number of hydrogen-bond acceptors (Lipinski definition) is 3. The quantitative estimate of drug-likeness (QED) is 0.840. The summed E-state index contributed by atoms with van der Waals surface area (Å²) in [6.45, 7) is 11.3. The molecule has 2 heterocycles. The minimum absolute atomic E-state index is 0.690. The monoisotopic (exact) mass is 341 g/mol. The lowest BCUT2D eigenvalue weighted by atomic mass is 10.2. The number of nitrogens with zero attached hydrogens (tertiary/aromatic N) is 3. The second-order valence-electron chi connectivity index (χ2n) is 6.74. The largest absolute Gasteiger partial charge is 0.494 e. The van der Waals surface area contributed by atoms with E-state index in [0.29, 0.717) is 6.61 Å². The van der Waals surface area contributed by atoms with Crippen LogP contribution in [-0.4, -0.2) is 55.6 Å². The molecule has 1 saturated heterocycles. The summed E-state index contributed by atoms with van der Waals surface area (Å²) in [5.41, 5.74) is 4.76. The number of nitrogens with one attached hydrogen (secondary N) is 1. The number of likely N-dealkylation sites (N-methyl/N-ethyl adjacent to an activating group) is 1. The van der Waals surface area contributed by atoms with Crippen molar-refractivity contribution >= 4 is 6.21 Å². The Hall–Kier alpha value is -2.27. The maximum absolute atomic E-state index is 5.54. The van der Waals surface area contributed by atoms with Gasteiger partial charge in [-0.1, -0.05) is 0 Å². The van der Waals surface area contributed by atoms with E-state index in [1.54, 1.807) is 4.90 Å². The van der Waals surface area contributed by atoms with Crippen LogP contribution in [-0.2, 0) is 0 Å². The van der Waals surface area contributed by atoms with Crippen LogP contribution >= 0.6 is 0 Å². The third-order valence-corrected chi connectivity index (χ3v) is 4.83. The highest BCUT2D eigenvalue weighted by Gasteiger charge is 2.15. The number of quaternary nitrogens is 1. The van der Waals surface area contributed by atoms with E-state index in [4.69, 9.17) is 9.84 Å². The van der Waals surface area contributed by atoms with Crippen LogP contribution in [0, 0.1) is 13.8 Å². The van der Waals surface area contributed by atoms with E-state index in [0.717, 1.165) is 37.6 Å². The predicted molar refractivity (Wildman–Crippen MR) is 102 cm³/mol. The zero-order valence-corrected chi connectivity index (χ0v) is 15.7. The van der Waals surface area contributed by atoms with Gasteiger partial charge in [0.15, 0.2) is 0 Å². The summed E-state index contributed by atoms with van der Waals surface area (Å²) in [6.07, 6.45) is 2.01. The van der Waals surface area contributed by atoms with Crippen LogP contribution in [0.2, 0.25) is 0 Å². The Morgan fingerprint density at radius 2 is 1.84 bits per heavy atom. The third kappa shape index (κ3) is 4.04. The van der Waals surface area contributed by atoms with Gasteiger partial charge in [-0.3, -0.25) is 5.01 Å². The summed E-state index contributed by atoms with van der Waals surface area (Å²) >= 11 is 0. The molecule has 0 unspecified atom stereocenters. The second-order valence-corrected chi connectivity index (χ2v) is 6.74. The first-order valence-corrected chi connectivity index (χ1v) is 9.11. The third-order valence-electron chi connectivity index (χ3n) is 4.83. The van der Waals surface area contributed by atoms with Gasteiger partial charge in [-0.25, -0.2) is 0 Å². The average molecular weight is 341 g/mol. The topological polar surface area (TPSA) is 34.2 Å². The molecule has 1 aliphatic heterocycles. The van der Waals surface area contributed by atoms with Crippen molar-refractivity contribution in [2.45, 2.75) is 20.8 Å². The van der Waals surface area contributed by atoms with Gasteiger partial charge in [0.05, 0.1) is 46.0 Å². The van der Waals surface area contributed by atoms with Gasteiger partial charge in [0.2, 0.25) is 0 Å². The molecule has 25 heavy (non-hydrogen) atoms. The van der Waals surface area contributed by atoms with Crippen LogP contribution < -0.4 is 9.64 Å². The number of hydrazone groups is 1. The first-order chi connectivity index (χ1) is 12.1. The summed E-state index contributed by atoms with van der Waals surface area (Å²) in [5.74, 6) is 0.910. The maximum Gasteiger partial charge on any atom is 0.119 e. The maximum atomic E-state index is 5.54. The molecule has 2 aromatic rings. The van der Waals surface area contributed by atoms with E-state index in [-0.39, 0.29) is 0 Å². The fourth-order valence-electron chi connectivity index (χ4n) is 3.31. The average Bonchev–Trinajstić information content (AvgIpc) is 2.89. The Morgan fingerprint density at radius 3 is 2.48 bits per heavy atom. The molecule has 3 rings (SSSR count). The Labute approximate surface area is 150 Å². The molecule has 134 valence electrons. The summed E-state index contributed by atoms with van der Waals surface area (Å²) < 4.78 is 7.81. The van der Waals surface area contributed by atoms with Crippen molar-refractivity contribution in [3.8, 4) is 11.4 Å². The van der Waals surface area contributed by atoms with E-state index in [2.05, 4.69) is 48.7 Å². The molecular formula is C20H29N4O+. The SMILES string of the molecule is CCOc1ccc(-n2c(C)cc(/C=N\N3CC[NH+](C)CC3)c2C)cc1. The molecule has 1 aromatic heterocycles. The zero-order chi connectivity index (χ0) is 17.8.